The second-order valence-corrected chi connectivity index (χ2v) is 10.8. The summed E-state index contributed by atoms with van der Waals surface area (Å²) in [6.45, 7) is 2.64. The summed E-state index contributed by atoms with van der Waals surface area (Å²) in [6, 6.07) is 4.53. The lowest BCUT2D eigenvalue weighted by molar-refractivity contribution is -0.181. The molecule has 3 aliphatic rings. The van der Waals surface area contributed by atoms with Gasteiger partial charge in [0.05, 0.1) is 6.04 Å². The van der Waals surface area contributed by atoms with Crippen molar-refractivity contribution in [3.63, 3.8) is 0 Å². The highest BCUT2D eigenvalue weighted by Crippen LogP contribution is 2.50. The Balaban J connectivity index is 1.75. The number of halogens is 4. The fourth-order valence-corrected chi connectivity index (χ4v) is 5.78. The third kappa shape index (κ3) is 4.56. The molecule has 2 saturated heterocycles. The molecule has 1 amide bonds. The number of nitrogens with zero attached hydrogens (tertiary/aromatic N) is 1. The molecular weight excluding hydrogens is 472 g/mol. The Morgan fingerprint density at radius 2 is 1.85 bits per heavy atom. The van der Waals surface area contributed by atoms with Crippen molar-refractivity contribution in [3.05, 3.63) is 59.4 Å². The first-order valence-electron chi connectivity index (χ1n) is 10.9. The molecule has 2 N–H and O–H groups in total. The molecule has 34 heavy (non-hydrogen) atoms. The highest BCUT2D eigenvalue weighted by molar-refractivity contribution is 7.88. The number of piperidine rings is 2. The number of fused-ring (bicyclic) bond motifs is 2. The van der Waals surface area contributed by atoms with Crippen molar-refractivity contribution in [2.24, 2.45) is 0 Å². The first-order chi connectivity index (χ1) is 15.8. The SMILES string of the molecule is C[S+]([O-])NC1C(Cc2cccc(-c3cc(F)cc(F)c3)c2F)N(C(=O)C(C)(C)O)C2CC1(F)C2. The highest BCUT2D eigenvalue weighted by Gasteiger charge is 2.64. The molecule has 2 aliphatic heterocycles. The van der Waals surface area contributed by atoms with Gasteiger partial charge in [-0.3, -0.25) is 4.79 Å². The zero-order valence-corrected chi connectivity index (χ0v) is 19.8. The number of carbonyl (C=O) groups excluding carboxylic acids is 1. The van der Waals surface area contributed by atoms with Crippen LogP contribution in [0.25, 0.3) is 11.1 Å². The van der Waals surface area contributed by atoms with Crippen LogP contribution in [0.2, 0.25) is 0 Å². The monoisotopic (exact) mass is 498 g/mol. The van der Waals surface area contributed by atoms with E-state index in [-0.39, 0.29) is 36.0 Å². The predicted octanol–water partition coefficient (Wildman–Crippen LogP) is 3.42. The lowest BCUT2D eigenvalue weighted by Gasteiger charge is -2.61. The van der Waals surface area contributed by atoms with Crippen LogP contribution in [-0.4, -0.2) is 56.1 Å². The van der Waals surface area contributed by atoms with Gasteiger partial charge in [0, 0.05) is 41.9 Å². The van der Waals surface area contributed by atoms with Crippen molar-refractivity contribution in [1.82, 2.24) is 9.62 Å². The third-order valence-electron chi connectivity index (χ3n) is 6.57. The van der Waals surface area contributed by atoms with Crippen molar-refractivity contribution in [3.8, 4) is 11.1 Å². The number of nitrogens with one attached hydrogen (secondary N) is 1. The number of aliphatic hydroxyl groups is 1. The van der Waals surface area contributed by atoms with Gasteiger partial charge in [-0.05, 0) is 43.5 Å². The maximum atomic E-state index is 15.6. The Hall–Kier alpha value is -2.14. The summed E-state index contributed by atoms with van der Waals surface area (Å²) in [5.74, 6) is -3.11. The Morgan fingerprint density at radius 1 is 1.24 bits per heavy atom. The molecule has 3 atom stereocenters. The van der Waals surface area contributed by atoms with Crippen LogP contribution in [0, 0.1) is 17.5 Å². The van der Waals surface area contributed by atoms with Gasteiger partial charge >= 0.3 is 0 Å². The summed E-state index contributed by atoms with van der Waals surface area (Å²) in [5, 5.41) is 10.4. The minimum atomic E-state index is -1.75. The van der Waals surface area contributed by atoms with E-state index in [2.05, 4.69) is 4.72 Å². The summed E-state index contributed by atoms with van der Waals surface area (Å²) in [7, 11) is 0. The molecule has 0 radical (unpaired) electrons. The predicted molar refractivity (Wildman–Crippen MR) is 120 cm³/mol. The van der Waals surface area contributed by atoms with Crippen molar-refractivity contribution >= 4 is 17.3 Å². The van der Waals surface area contributed by atoms with E-state index in [1.807, 2.05) is 0 Å². The van der Waals surface area contributed by atoms with Crippen LogP contribution in [0.15, 0.2) is 36.4 Å². The van der Waals surface area contributed by atoms with Gasteiger partial charge in [-0.2, -0.15) is 0 Å². The quantitative estimate of drug-likeness (QED) is 0.473. The highest BCUT2D eigenvalue weighted by atomic mass is 32.2. The van der Waals surface area contributed by atoms with Crippen LogP contribution >= 0.6 is 0 Å². The molecule has 0 spiro atoms. The van der Waals surface area contributed by atoms with Crippen LogP contribution in [0.4, 0.5) is 17.6 Å². The Morgan fingerprint density at radius 3 is 2.41 bits per heavy atom. The van der Waals surface area contributed by atoms with E-state index in [0.717, 1.165) is 12.1 Å². The van der Waals surface area contributed by atoms with E-state index >= 15 is 8.78 Å². The number of hydrogen-bond acceptors (Lipinski definition) is 4. The molecule has 184 valence electrons. The smallest absolute Gasteiger partial charge is 0.254 e. The molecule has 3 fully saturated rings. The molecule has 0 aromatic heterocycles. The summed E-state index contributed by atoms with van der Waals surface area (Å²) < 4.78 is 73.3. The van der Waals surface area contributed by atoms with Gasteiger partial charge in [0.2, 0.25) is 0 Å². The average molecular weight is 499 g/mol. The standard InChI is InChI=1S/C24H26F4N2O3S/c1-23(2,32)22(31)30-17-11-24(28,12-17)21(29-34(3)33)19(30)9-13-5-4-6-18(20(13)27)14-7-15(25)10-16(26)8-14/h4-8,10,17,19,21,29,32H,9,11-12H2,1-3H3. The molecule has 2 bridgehead atoms. The number of amides is 1. The number of hydrogen-bond donors (Lipinski definition) is 2. The zero-order chi connectivity index (χ0) is 25.0. The van der Waals surface area contributed by atoms with E-state index in [1.165, 1.54) is 43.2 Å². The van der Waals surface area contributed by atoms with Crippen LogP contribution in [0.1, 0.15) is 32.3 Å². The van der Waals surface area contributed by atoms with Crippen LogP contribution < -0.4 is 4.72 Å². The largest absolute Gasteiger partial charge is 0.598 e. The maximum Gasteiger partial charge on any atom is 0.254 e. The van der Waals surface area contributed by atoms with Crippen LogP contribution in [0.5, 0.6) is 0 Å². The molecule has 1 aliphatic carbocycles. The summed E-state index contributed by atoms with van der Waals surface area (Å²) in [4.78, 5) is 14.5. The van der Waals surface area contributed by atoms with Crippen molar-refractivity contribution in [2.45, 2.75) is 62.5 Å². The molecule has 5 nitrogen and oxygen atoms in total. The van der Waals surface area contributed by atoms with Gasteiger partial charge in [-0.15, -0.1) is 4.72 Å². The summed E-state index contributed by atoms with van der Waals surface area (Å²) in [6.07, 6.45) is 1.22. The molecule has 3 unspecified atom stereocenters. The molecule has 10 heteroatoms. The van der Waals surface area contributed by atoms with E-state index in [1.54, 1.807) is 0 Å². The number of rotatable bonds is 6. The van der Waals surface area contributed by atoms with Crippen molar-refractivity contribution in [1.29, 1.82) is 0 Å². The summed E-state index contributed by atoms with van der Waals surface area (Å²) in [5.41, 5.74) is -3.44. The fraction of sp³-hybridized carbons (Fsp3) is 0.458. The van der Waals surface area contributed by atoms with E-state index in [9.17, 15) is 23.2 Å². The number of carbonyl (C=O) groups is 1. The number of alkyl halides is 1. The van der Waals surface area contributed by atoms with E-state index in [0.29, 0.717) is 6.07 Å². The Labute approximate surface area is 198 Å². The molecule has 2 aromatic carbocycles. The van der Waals surface area contributed by atoms with Crippen LogP contribution in [-0.2, 0) is 22.6 Å². The first-order valence-corrected chi connectivity index (χ1v) is 12.4. The van der Waals surface area contributed by atoms with Crippen molar-refractivity contribution in [2.75, 3.05) is 6.26 Å². The zero-order valence-electron chi connectivity index (χ0n) is 18.9. The maximum absolute atomic E-state index is 15.6. The normalized spacial score (nSPS) is 27.3. The average Bonchev–Trinajstić information content (AvgIpc) is 2.68. The molecule has 2 heterocycles. The summed E-state index contributed by atoms with van der Waals surface area (Å²) >= 11 is -1.63. The third-order valence-corrected chi connectivity index (χ3v) is 7.16. The number of benzene rings is 2. The Bertz CT molecular complexity index is 1080. The lowest BCUT2D eigenvalue weighted by Crippen LogP contribution is -2.78. The van der Waals surface area contributed by atoms with E-state index < -0.39 is 64.1 Å². The molecule has 1 saturated carbocycles. The van der Waals surface area contributed by atoms with Gasteiger partial charge < -0.3 is 14.6 Å². The minimum Gasteiger partial charge on any atom is -0.598 e. The second-order valence-electron chi connectivity index (χ2n) is 9.63. The first kappa shape index (κ1) is 25.0. The van der Waals surface area contributed by atoms with Crippen LogP contribution in [0.3, 0.4) is 0 Å². The van der Waals surface area contributed by atoms with Gasteiger partial charge in [0.25, 0.3) is 5.91 Å². The van der Waals surface area contributed by atoms with Crippen molar-refractivity contribution < 1.29 is 32.0 Å². The van der Waals surface area contributed by atoms with Gasteiger partial charge in [-0.25, -0.2) is 17.6 Å². The van der Waals surface area contributed by atoms with Gasteiger partial charge in [0.15, 0.2) is 0 Å². The topological polar surface area (TPSA) is 75.6 Å². The Kier molecular flexibility index (Phi) is 6.48. The molecule has 2 aromatic rings. The molecular formula is C24H26F4N2O3S. The van der Waals surface area contributed by atoms with Gasteiger partial charge in [0.1, 0.15) is 41.0 Å². The minimum absolute atomic E-state index is 0.000867. The van der Waals surface area contributed by atoms with Gasteiger partial charge in [-0.1, -0.05) is 18.2 Å². The molecule has 5 rings (SSSR count). The lowest BCUT2D eigenvalue weighted by atomic mass is 9.64. The van der Waals surface area contributed by atoms with E-state index in [4.69, 9.17) is 0 Å². The second kappa shape index (κ2) is 8.82. The fourth-order valence-electron chi connectivity index (χ4n) is 5.06.